The average Bonchev–Trinajstić information content (AvgIpc) is 3.33. The highest BCUT2D eigenvalue weighted by molar-refractivity contribution is 7.71. The van der Waals surface area contributed by atoms with Gasteiger partial charge in [0.1, 0.15) is 8.07 Å². The van der Waals surface area contributed by atoms with Gasteiger partial charge in [0.15, 0.2) is 15.4 Å². The van der Waals surface area contributed by atoms with E-state index in [1.54, 1.807) is 10.8 Å². The van der Waals surface area contributed by atoms with Crippen LogP contribution in [0.15, 0.2) is 71.1 Å². The molecule has 1 atom stereocenters. The van der Waals surface area contributed by atoms with Crippen LogP contribution in [0.1, 0.15) is 38.5 Å². The molecule has 4 aliphatic carbocycles. The van der Waals surface area contributed by atoms with Crippen LogP contribution in [0, 0.1) is 34.6 Å². The largest absolute Gasteiger partial charge is 0.410 e. The third-order valence-electron chi connectivity index (χ3n) is 13.3. The zero-order valence-electron chi connectivity index (χ0n) is 32.2. The molecule has 7 heteroatoms. The lowest BCUT2D eigenvalue weighted by atomic mass is 9.47. The maximum absolute atomic E-state index is 8.92. The van der Waals surface area contributed by atoms with Crippen LogP contribution >= 0.6 is 0 Å². The molecule has 254 valence electrons. The molecule has 1 heterocycles. The van der Waals surface area contributed by atoms with Gasteiger partial charge in [-0.25, -0.2) is 0 Å². The van der Waals surface area contributed by atoms with Gasteiger partial charge >= 0.3 is 0 Å². The summed E-state index contributed by atoms with van der Waals surface area (Å²) in [7, 11) is -12.4. The molecular formula is C40H64OSi6. The Balaban J connectivity index is 1.79. The summed E-state index contributed by atoms with van der Waals surface area (Å²) in [5.74, 6) is 7.05. The van der Waals surface area contributed by atoms with E-state index in [1.165, 1.54) is 43.7 Å². The lowest BCUT2D eigenvalue weighted by Crippen LogP contribution is -2.80. The van der Waals surface area contributed by atoms with Crippen LogP contribution in [0.25, 0.3) is 0 Å². The molecule has 1 aliphatic heterocycles. The zero-order valence-corrected chi connectivity index (χ0v) is 38.2. The van der Waals surface area contributed by atoms with Crippen LogP contribution in [0.3, 0.4) is 0 Å². The fraction of sp³-hybridized carbons (Fsp3) is 0.600. The molecule has 2 aromatic carbocycles. The van der Waals surface area contributed by atoms with E-state index < -0.39 is 46.8 Å². The fourth-order valence-corrected chi connectivity index (χ4v) is 78.6. The molecule has 0 N–H and O–H groups in total. The van der Waals surface area contributed by atoms with E-state index in [9.17, 15) is 0 Å². The molecule has 1 nitrogen and oxygen atoms in total. The first-order valence-electron chi connectivity index (χ1n) is 18.7. The van der Waals surface area contributed by atoms with Crippen molar-refractivity contribution in [2.45, 2.75) is 129 Å². The molecule has 4 bridgehead atoms. The van der Waals surface area contributed by atoms with Crippen molar-refractivity contribution in [1.29, 1.82) is 0 Å². The Morgan fingerprint density at radius 3 is 1.45 bits per heavy atom. The van der Waals surface area contributed by atoms with Gasteiger partial charge in [0.2, 0.25) is 0 Å². The van der Waals surface area contributed by atoms with Crippen molar-refractivity contribution in [1.82, 2.24) is 0 Å². The fourth-order valence-electron chi connectivity index (χ4n) is 12.2. The summed E-state index contributed by atoms with van der Waals surface area (Å²) in [6.45, 7) is 34.9. The minimum Gasteiger partial charge on any atom is -0.410 e. The molecule has 2 aromatic rings. The Kier molecular flexibility index (Phi) is 8.77. The maximum Gasteiger partial charge on any atom is 0.191 e. The van der Waals surface area contributed by atoms with E-state index in [-0.39, 0.29) is 10.6 Å². The van der Waals surface area contributed by atoms with Gasteiger partial charge in [0.05, 0.1) is 28.5 Å². The molecule has 7 rings (SSSR count). The van der Waals surface area contributed by atoms with Gasteiger partial charge < -0.3 is 4.43 Å². The Bertz CT molecular complexity index is 1540. The van der Waals surface area contributed by atoms with E-state index in [0.717, 1.165) is 17.8 Å². The molecule has 4 saturated carbocycles. The molecule has 0 radical (unpaired) electrons. The normalized spacial score (nSPS) is 30.8. The summed E-state index contributed by atoms with van der Waals surface area (Å²) in [5, 5.41) is 2.86. The van der Waals surface area contributed by atoms with Crippen LogP contribution in [0.4, 0.5) is 0 Å². The Morgan fingerprint density at radius 1 is 0.617 bits per heavy atom. The van der Waals surface area contributed by atoms with Crippen molar-refractivity contribution in [3.05, 3.63) is 71.1 Å². The van der Waals surface area contributed by atoms with Crippen molar-refractivity contribution in [3.8, 4) is 11.5 Å². The van der Waals surface area contributed by atoms with Gasteiger partial charge in [-0.2, -0.15) is 0 Å². The van der Waals surface area contributed by atoms with Crippen molar-refractivity contribution in [3.63, 3.8) is 0 Å². The lowest BCUT2D eigenvalue weighted by molar-refractivity contribution is -0.118. The Hall–Kier alpha value is -0.999. The molecule has 0 aromatic heterocycles. The lowest BCUT2D eigenvalue weighted by Gasteiger charge is -2.67. The highest BCUT2D eigenvalue weighted by Crippen LogP contribution is 2.70. The molecule has 0 saturated heterocycles. The van der Waals surface area contributed by atoms with Crippen LogP contribution in [0.5, 0.6) is 0 Å². The number of hydrogen-bond donors (Lipinski definition) is 0. The molecule has 0 spiro atoms. The van der Waals surface area contributed by atoms with Gasteiger partial charge in [-0.05, 0) is 61.5 Å². The predicted molar refractivity (Wildman–Crippen MR) is 222 cm³/mol. The first-order chi connectivity index (χ1) is 21.6. The molecule has 5 aliphatic rings. The third kappa shape index (κ3) is 5.41. The molecule has 47 heavy (non-hydrogen) atoms. The Morgan fingerprint density at radius 2 is 1.04 bits per heavy atom. The minimum absolute atomic E-state index is 0.189. The smallest absolute Gasteiger partial charge is 0.191 e. The first kappa shape index (κ1) is 35.8. The number of benzene rings is 2. The van der Waals surface area contributed by atoms with Crippen LogP contribution in [-0.2, 0) is 4.43 Å². The molecular weight excluding hydrogens is 665 g/mol. The van der Waals surface area contributed by atoms with Crippen molar-refractivity contribution in [2.75, 3.05) is 0 Å². The van der Waals surface area contributed by atoms with E-state index in [4.69, 9.17) is 4.43 Å². The molecule has 1 unspecified atom stereocenters. The van der Waals surface area contributed by atoms with Crippen LogP contribution < -0.4 is 10.4 Å². The third-order valence-corrected chi connectivity index (χ3v) is 60.8. The number of hydrogen-bond acceptors (Lipinski definition) is 1. The van der Waals surface area contributed by atoms with Crippen molar-refractivity contribution >= 4 is 57.1 Å². The number of rotatable bonds is 7. The highest BCUT2D eigenvalue weighted by atomic mass is 29.7. The highest BCUT2D eigenvalue weighted by Gasteiger charge is 2.77. The topological polar surface area (TPSA) is 9.23 Å². The second kappa shape index (κ2) is 11.5. The summed E-state index contributed by atoms with van der Waals surface area (Å²) in [6.07, 6.45) is 8.58. The summed E-state index contributed by atoms with van der Waals surface area (Å²) in [6, 6.07) is 23.0. The van der Waals surface area contributed by atoms with Gasteiger partial charge in [0, 0.05) is 11.0 Å². The van der Waals surface area contributed by atoms with Crippen LogP contribution in [0.2, 0.25) is 85.1 Å². The average molecular weight is 729 g/mol. The van der Waals surface area contributed by atoms with E-state index >= 15 is 0 Å². The summed E-state index contributed by atoms with van der Waals surface area (Å²) >= 11 is 0. The second-order valence-corrected chi connectivity index (χ2v) is 60.3. The predicted octanol–water partition coefficient (Wildman–Crippen LogP) is 9.78. The SMILES string of the molecule is C[Si](C)(C#CC1=C([Si](C)(C)c2ccccc2)[Si]([Si](C)(C)C)([Si](C)(C)C)OC1(C12CC3CC(CC(C3)C1)C2)[Si](C)(C)C)c1ccccc1. The monoisotopic (exact) mass is 728 g/mol. The molecule has 4 fully saturated rings. The van der Waals surface area contributed by atoms with Crippen LogP contribution in [-0.4, -0.2) is 52.0 Å². The maximum atomic E-state index is 8.92. The summed E-state index contributed by atoms with van der Waals surface area (Å²) in [4.78, 5) is 1.89. The van der Waals surface area contributed by atoms with E-state index in [1.807, 2.05) is 4.82 Å². The van der Waals surface area contributed by atoms with E-state index in [2.05, 4.69) is 157 Å². The summed E-state index contributed by atoms with van der Waals surface area (Å²) in [5.41, 5.74) is 6.07. The Labute approximate surface area is 294 Å². The van der Waals surface area contributed by atoms with Crippen molar-refractivity contribution < 1.29 is 4.43 Å². The van der Waals surface area contributed by atoms with E-state index in [0.29, 0.717) is 0 Å². The molecule has 0 amide bonds. The second-order valence-electron chi connectivity index (χ2n) is 20.4. The van der Waals surface area contributed by atoms with Gasteiger partial charge in [-0.3, -0.25) is 0 Å². The van der Waals surface area contributed by atoms with Gasteiger partial charge in [-0.1, -0.05) is 162 Å². The summed E-state index contributed by atoms with van der Waals surface area (Å²) < 4.78 is 8.92. The standard InChI is InChI=1S/C40H64OSi6/c1-42(2,3)40(39-29-32-26-33(30-39)28-34(27-32)31-39)37(24-25-45(10,11)35-20-16-14-17-21-35)38(46(12,13)36-22-18-15-19-23-36)47(41-40,43(4,5)6)44(7,8)9/h14-23,32-34H,26-31H2,1-13H3. The van der Waals surface area contributed by atoms with Crippen molar-refractivity contribution in [2.24, 2.45) is 23.2 Å². The quantitative estimate of drug-likeness (QED) is 0.204. The van der Waals surface area contributed by atoms with Gasteiger partial charge in [-0.15, -0.1) is 5.54 Å². The first-order valence-corrected chi connectivity index (χ1v) is 39.1. The minimum atomic E-state index is -2.45. The zero-order chi connectivity index (χ0) is 34.5. The van der Waals surface area contributed by atoms with Gasteiger partial charge in [0.25, 0.3) is 0 Å².